The molecule has 1 heterocycles. The van der Waals surface area contributed by atoms with Gasteiger partial charge in [0.05, 0.1) is 20.6 Å². The highest BCUT2D eigenvalue weighted by Gasteiger charge is 2.26. The van der Waals surface area contributed by atoms with Gasteiger partial charge in [-0.2, -0.15) is 0 Å². The highest BCUT2D eigenvalue weighted by atomic mass is 16.2. The van der Waals surface area contributed by atoms with Gasteiger partial charge in [0.2, 0.25) is 11.8 Å². The lowest BCUT2D eigenvalue weighted by atomic mass is 10.0. The molecule has 0 aromatic carbocycles. The van der Waals surface area contributed by atoms with Gasteiger partial charge in [-0.05, 0) is 31.8 Å². The molecule has 0 bridgehead atoms. The number of likely N-dealkylation sites (tertiary alicyclic amines) is 1. The van der Waals surface area contributed by atoms with Crippen molar-refractivity contribution in [3.8, 4) is 0 Å². The van der Waals surface area contributed by atoms with Crippen molar-refractivity contribution < 1.29 is 14.1 Å². The second kappa shape index (κ2) is 15.5. The molecular formula is C24H46N3O2+. The van der Waals surface area contributed by atoms with Gasteiger partial charge in [-0.25, -0.2) is 0 Å². The number of hydrogen-bond donors (Lipinski definition) is 1. The zero-order chi connectivity index (χ0) is 21.4. The molecule has 0 saturated carbocycles. The molecule has 168 valence electrons. The monoisotopic (exact) mass is 408 g/mol. The molecule has 2 amide bonds. The molecular weight excluding hydrogens is 362 g/mol. The van der Waals surface area contributed by atoms with Crippen LogP contribution in [-0.4, -0.2) is 61.6 Å². The Bertz CT molecular complexity index is 477. The van der Waals surface area contributed by atoms with E-state index in [0.29, 0.717) is 5.91 Å². The molecule has 0 spiro atoms. The smallest absolute Gasteiger partial charge is 0.243 e. The minimum Gasteiger partial charge on any atom is -0.353 e. The quantitative estimate of drug-likeness (QED) is 0.204. The first-order chi connectivity index (χ1) is 13.9. The highest BCUT2D eigenvalue weighted by Crippen LogP contribution is 2.15. The Morgan fingerprint density at radius 3 is 1.97 bits per heavy atom. The Labute approximate surface area is 179 Å². The summed E-state index contributed by atoms with van der Waals surface area (Å²) in [6, 6.07) is 0. The average molecular weight is 409 g/mol. The van der Waals surface area contributed by atoms with Gasteiger partial charge in [0.25, 0.3) is 0 Å². The van der Waals surface area contributed by atoms with Gasteiger partial charge in [-0.1, -0.05) is 64.4 Å². The number of carbonyl (C=O) groups is 2. The van der Waals surface area contributed by atoms with Gasteiger partial charge in [0.15, 0.2) is 6.67 Å². The van der Waals surface area contributed by atoms with Gasteiger partial charge in [-0.3, -0.25) is 14.5 Å². The van der Waals surface area contributed by atoms with Crippen molar-refractivity contribution in [2.45, 2.75) is 89.9 Å². The van der Waals surface area contributed by atoms with E-state index in [1.165, 1.54) is 83.2 Å². The van der Waals surface area contributed by atoms with Crippen LogP contribution in [0.5, 0.6) is 0 Å². The molecule has 1 aliphatic rings. The van der Waals surface area contributed by atoms with E-state index in [4.69, 9.17) is 0 Å². The van der Waals surface area contributed by atoms with E-state index >= 15 is 0 Å². The second-order valence-electron chi connectivity index (χ2n) is 9.30. The Kier molecular flexibility index (Phi) is 13.7. The summed E-state index contributed by atoms with van der Waals surface area (Å²) in [5, 5.41) is 2.82. The maximum absolute atomic E-state index is 11.8. The molecule has 5 nitrogen and oxygen atoms in total. The van der Waals surface area contributed by atoms with Gasteiger partial charge in [0.1, 0.15) is 0 Å². The Hall–Kier alpha value is -1.36. The summed E-state index contributed by atoms with van der Waals surface area (Å²) in [6.45, 7) is 7.22. The minimum atomic E-state index is -0.0636. The molecule has 0 atom stereocenters. The summed E-state index contributed by atoms with van der Waals surface area (Å²) in [4.78, 5) is 24.8. The zero-order valence-corrected chi connectivity index (χ0v) is 19.2. The van der Waals surface area contributed by atoms with E-state index in [1.54, 1.807) is 0 Å². The average Bonchev–Trinajstić information content (AvgIpc) is 3.08. The lowest BCUT2D eigenvalue weighted by Gasteiger charge is -2.33. The fourth-order valence-corrected chi connectivity index (χ4v) is 4.10. The molecule has 1 saturated heterocycles. The third-order valence-corrected chi connectivity index (χ3v) is 5.90. The number of quaternary nitrogens is 1. The summed E-state index contributed by atoms with van der Waals surface area (Å²) < 4.78 is 0.937. The standard InChI is InChI=1S/C24H45N3O2/c1-4-23(28)25-19-15-13-11-9-7-5-6-8-10-12-14-16-21-27(2,3)22-26-20-17-18-24(26)29/h4H,1,5-22H2,2-3H3/p+1. The molecule has 0 radical (unpaired) electrons. The summed E-state index contributed by atoms with van der Waals surface area (Å²) in [6.07, 6.45) is 18.7. The van der Waals surface area contributed by atoms with Gasteiger partial charge in [0, 0.05) is 19.5 Å². The van der Waals surface area contributed by atoms with E-state index < -0.39 is 0 Å². The normalized spacial score (nSPS) is 14.4. The van der Waals surface area contributed by atoms with Crippen molar-refractivity contribution in [1.82, 2.24) is 10.2 Å². The van der Waals surface area contributed by atoms with Crippen molar-refractivity contribution in [2.75, 3.05) is 40.4 Å². The van der Waals surface area contributed by atoms with Crippen molar-refractivity contribution >= 4 is 11.8 Å². The first kappa shape index (κ1) is 25.7. The van der Waals surface area contributed by atoms with Crippen LogP contribution in [0.2, 0.25) is 0 Å². The van der Waals surface area contributed by atoms with Crippen LogP contribution in [-0.2, 0) is 9.59 Å². The zero-order valence-electron chi connectivity index (χ0n) is 19.2. The SMILES string of the molecule is C=CC(=O)NCCCCCCCCCCCCCC[N+](C)(C)CN1CCCC1=O. The topological polar surface area (TPSA) is 49.4 Å². The number of hydrogen-bond acceptors (Lipinski definition) is 2. The van der Waals surface area contributed by atoms with Crippen LogP contribution >= 0.6 is 0 Å². The van der Waals surface area contributed by atoms with Gasteiger partial charge in [-0.15, -0.1) is 0 Å². The Balaban J connectivity index is 1.82. The van der Waals surface area contributed by atoms with E-state index in [9.17, 15) is 9.59 Å². The molecule has 1 rings (SSSR count). The molecule has 5 heteroatoms. The molecule has 1 N–H and O–H groups in total. The van der Waals surface area contributed by atoms with E-state index in [-0.39, 0.29) is 5.91 Å². The lowest BCUT2D eigenvalue weighted by molar-refractivity contribution is -0.899. The predicted octanol–water partition coefficient (Wildman–Crippen LogP) is 4.63. The fraction of sp³-hybridized carbons (Fsp3) is 0.833. The number of carbonyl (C=O) groups excluding carboxylic acids is 2. The third kappa shape index (κ3) is 13.5. The third-order valence-electron chi connectivity index (χ3n) is 5.90. The molecule has 29 heavy (non-hydrogen) atoms. The van der Waals surface area contributed by atoms with Crippen LogP contribution < -0.4 is 5.32 Å². The summed E-state index contributed by atoms with van der Waals surface area (Å²) in [7, 11) is 4.51. The number of rotatable bonds is 18. The van der Waals surface area contributed by atoms with Crippen molar-refractivity contribution in [1.29, 1.82) is 0 Å². The van der Waals surface area contributed by atoms with E-state index in [2.05, 4.69) is 26.0 Å². The number of unbranched alkanes of at least 4 members (excludes halogenated alkanes) is 11. The lowest BCUT2D eigenvalue weighted by Crippen LogP contribution is -2.49. The number of nitrogens with one attached hydrogen (secondary N) is 1. The van der Waals surface area contributed by atoms with Crippen molar-refractivity contribution in [2.24, 2.45) is 0 Å². The number of amides is 2. The van der Waals surface area contributed by atoms with Crippen LogP contribution in [0.15, 0.2) is 12.7 Å². The van der Waals surface area contributed by atoms with Gasteiger partial charge >= 0.3 is 0 Å². The van der Waals surface area contributed by atoms with E-state index in [1.807, 2.05) is 4.90 Å². The summed E-state index contributed by atoms with van der Waals surface area (Å²) >= 11 is 0. The fourth-order valence-electron chi connectivity index (χ4n) is 4.10. The van der Waals surface area contributed by atoms with Crippen LogP contribution in [0.4, 0.5) is 0 Å². The predicted molar refractivity (Wildman–Crippen MR) is 121 cm³/mol. The molecule has 0 aliphatic carbocycles. The molecule has 1 aliphatic heterocycles. The minimum absolute atomic E-state index is 0.0636. The summed E-state index contributed by atoms with van der Waals surface area (Å²) in [5.41, 5.74) is 0. The largest absolute Gasteiger partial charge is 0.353 e. The van der Waals surface area contributed by atoms with E-state index in [0.717, 1.165) is 43.5 Å². The van der Waals surface area contributed by atoms with Crippen LogP contribution in [0, 0.1) is 0 Å². The molecule has 0 aromatic rings. The van der Waals surface area contributed by atoms with Crippen molar-refractivity contribution in [3.05, 3.63) is 12.7 Å². The molecule has 1 fully saturated rings. The number of nitrogens with zero attached hydrogens (tertiary/aromatic N) is 2. The molecule has 0 aromatic heterocycles. The van der Waals surface area contributed by atoms with Crippen molar-refractivity contribution in [3.63, 3.8) is 0 Å². The Morgan fingerprint density at radius 2 is 1.48 bits per heavy atom. The molecule has 0 unspecified atom stereocenters. The maximum Gasteiger partial charge on any atom is 0.243 e. The first-order valence-corrected chi connectivity index (χ1v) is 11.9. The Morgan fingerprint density at radius 1 is 0.966 bits per heavy atom. The van der Waals surface area contributed by atoms with Crippen LogP contribution in [0.3, 0.4) is 0 Å². The summed E-state index contributed by atoms with van der Waals surface area (Å²) in [5.74, 6) is 0.277. The second-order valence-corrected chi connectivity index (χ2v) is 9.30. The van der Waals surface area contributed by atoms with Gasteiger partial charge < -0.3 is 9.80 Å². The van der Waals surface area contributed by atoms with Crippen LogP contribution in [0.25, 0.3) is 0 Å². The highest BCUT2D eigenvalue weighted by molar-refractivity contribution is 5.86. The first-order valence-electron chi connectivity index (χ1n) is 11.9. The van der Waals surface area contributed by atoms with Crippen LogP contribution in [0.1, 0.15) is 89.9 Å². The maximum atomic E-state index is 11.8.